The molecule has 0 spiro atoms. The van der Waals surface area contributed by atoms with Crippen LogP contribution in [0.2, 0.25) is 0 Å². The molecule has 0 bridgehead atoms. The van der Waals surface area contributed by atoms with Gasteiger partial charge in [-0.15, -0.1) is 11.3 Å². The number of benzene rings is 2. The summed E-state index contributed by atoms with van der Waals surface area (Å²) in [4.78, 5) is 17.5. The van der Waals surface area contributed by atoms with Crippen molar-refractivity contribution in [3.8, 4) is 11.3 Å². The molecule has 136 valence electrons. The first-order chi connectivity index (χ1) is 12.9. The average molecular weight is 440 g/mol. The molecule has 2 heterocycles. The zero-order valence-corrected chi connectivity index (χ0v) is 17.7. The molecule has 27 heavy (non-hydrogen) atoms. The molecule has 4 rings (SSSR count). The second-order valence-corrected chi connectivity index (χ2v) is 8.79. The predicted molar refractivity (Wildman–Crippen MR) is 115 cm³/mol. The van der Waals surface area contributed by atoms with Gasteiger partial charge in [0.25, 0.3) is 5.56 Å². The van der Waals surface area contributed by atoms with Crippen molar-refractivity contribution in [1.29, 1.82) is 0 Å². The fourth-order valence-electron chi connectivity index (χ4n) is 3.19. The number of hydrogen-bond acceptors (Lipinski definition) is 4. The third-order valence-corrected chi connectivity index (χ3v) is 6.00. The molecule has 0 N–H and O–H groups in total. The number of hydrogen-bond donors (Lipinski definition) is 0. The molecule has 0 saturated carbocycles. The number of nitrogens with zero attached hydrogens (tertiary/aromatic N) is 3. The van der Waals surface area contributed by atoms with Gasteiger partial charge in [-0.2, -0.15) is 5.10 Å². The first-order valence-electron chi connectivity index (χ1n) is 8.62. The lowest BCUT2D eigenvalue weighted by Gasteiger charge is -2.11. The molecule has 0 unspecified atom stereocenters. The van der Waals surface area contributed by atoms with Crippen LogP contribution in [0.25, 0.3) is 21.5 Å². The van der Waals surface area contributed by atoms with Gasteiger partial charge in [0.1, 0.15) is 5.69 Å². The predicted octanol–water partition coefficient (Wildman–Crippen LogP) is 5.26. The molecule has 0 fully saturated rings. The van der Waals surface area contributed by atoms with Crippen molar-refractivity contribution < 1.29 is 0 Å². The molecule has 2 aromatic carbocycles. The number of thiazole rings is 1. The van der Waals surface area contributed by atoms with Gasteiger partial charge in [-0.05, 0) is 44.0 Å². The third kappa shape index (κ3) is 3.47. The number of aryl methyl sites for hydroxylation is 3. The Labute approximate surface area is 169 Å². The summed E-state index contributed by atoms with van der Waals surface area (Å²) in [6.07, 6.45) is 0. The van der Waals surface area contributed by atoms with Crippen molar-refractivity contribution in [2.45, 2.75) is 27.3 Å². The minimum Gasteiger partial charge on any atom is -0.265 e. The Bertz CT molecular complexity index is 1210. The molecule has 0 radical (unpaired) electrons. The number of halogens is 1. The molecule has 4 aromatic rings. The highest BCUT2D eigenvalue weighted by molar-refractivity contribution is 9.10. The number of aromatic nitrogens is 3. The van der Waals surface area contributed by atoms with E-state index < -0.39 is 0 Å². The molecule has 0 aliphatic heterocycles. The maximum absolute atomic E-state index is 13.0. The molecule has 2 aromatic heterocycles. The minimum atomic E-state index is -0.147. The fraction of sp³-hybridized carbons (Fsp3) is 0.190. The topological polar surface area (TPSA) is 47.8 Å². The summed E-state index contributed by atoms with van der Waals surface area (Å²) in [7, 11) is 0. The van der Waals surface area contributed by atoms with Crippen molar-refractivity contribution in [3.63, 3.8) is 0 Å². The van der Waals surface area contributed by atoms with Gasteiger partial charge in [-0.1, -0.05) is 51.8 Å². The monoisotopic (exact) mass is 439 g/mol. The third-order valence-electron chi connectivity index (χ3n) is 4.49. The first-order valence-corrected chi connectivity index (χ1v) is 10.2. The highest BCUT2D eigenvalue weighted by Crippen LogP contribution is 2.31. The Morgan fingerprint density at radius 1 is 1.07 bits per heavy atom. The summed E-state index contributed by atoms with van der Waals surface area (Å²) >= 11 is 4.97. The van der Waals surface area contributed by atoms with E-state index in [9.17, 15) is 4.79 Å². The first kappa shape index (κ1) is 18.1. The molecule has 6 heteroatoms. The van der Waals surface area contributed by atoms with Crippen LogP contribution < -0.4 is 5.56 Å². The minimum absolute atomic E-state index is 0.147. The molecule has 0 aliphatic carbocycles. The molecular formula is C21H18BrN3OS. The van der Waals surface area contributed by atoms with Crippen LogP contribution in [-0.4, -0.2) is 14.8 Å². The van der Waals surface area contributed by atoms with E-state index >= 15 is 0 Å². The molecular weight excluding hydrogens is 422 g/mol. The van der Waals surface area contributed by atoms with Gasteiger partial charge in [0.05, 0.1) is 16.3 Å². The van der Waals surface area contributed by atoms with Gasteiger partial charge in [0.2, 0.25) is 0 Å². The Balaban J connectivity index is 1.94. The van der Waals surface area contributed by atoms with E-state index in [2.05, 4.69) is 53.0 Å². The van der Waals surface area contributed by atoms with Gasteiger partial charge in [0, 0.05) is 10.0 Å². The highest BCUT2D eigenvalue weighted by atomic mass is 79.9. The van der Waals surface area contributed by atoms with Gasteiger partial charge in [-0.25, -0.2) is 9.67 Å². The second-order valence-electron chi connectivity index (χ2n) is 6.67. The summed E-state index contributed by atoms with van der Waals surface area (Å²) in [6, 6.07) is 14.2. The van der Waals surface area contributed by atoms with E-state index in [1.165, 1.54) is 21.6 Å². The maximum atomic E-state index is 13.0. The molecule has 0 aliphatic rings. The van der Waals surface area contributed by atoms with E-state index in [1.807, 2.05) is 31.2 Å². The Kier molecular flexibility index (Phi) is 4.70. The van der Waals surface area contributed by atoms with Crippen LogP contribution in [0.5, 0.6) is 0 Å². The van der Waals surface area contributed by atoms with Gasteiger partial charge < -0.3 is 0 Å². The van der Waals surface area contributed by atoms with Crippen LogP contribution in [0.1, 0.15) is 21.7 Å². The summed E-state index contributed by atoms with van der Waals surface area (Å²) < 4.78 is 3.39. The van der Waals surface area contributed by atoms with Crippen LogP contribution in [0.15, 0.2) is 51.7 Å². The highest BCUT2D eigenvalue weighted by Gasteiger charge is 2.17. The van der Waals surface area contributed by atoms with E-state index in [0.717, 1.165) is 36.6 Å². The molecule has 0 saturated heterocycles. The van der Waals surface area contributed by atoms with Crippen LogP contribution >= 0.6 is 27.3 Å². The van der Waals surface area contributed by atoms with Crippen molar-refractivity contribution in [3.05, 3.63) is 79.0 Å². The summed E-state index contributed by atoms with van der Waals surface area (Å²) in [5.74, 6) is 0. The van der Waals surface area contributed by atoms with Crippen molar-refractivity contribution in [2.24, 2.45) is 0 Å². The molecule has 0 amide bonds. The van der Waals surface area contributed by atoms with Crippen molar-refractivity contribution >= 4 is 37.5 Å². The summed E-state index contributed by atoms with van der Waals surface area (Å²) in [5.41, 5.74) is 5.58. The zero-order chi connectivity index (χ0) is 19.1. The fourth-order valence-corrected chi connectivity index (χ4v) is 4.37. The van der Waals surface area contributed by atoms with E-state index in [4.69, 9.17) is 5.10 Å². The van der Waals surface area contributed by atoms with Crippen LogP contribution in [0, 0.1) is 20.8 Å². The standard InChI is InChI=1S/C21H18BrN3OS/c1-12-4-9-17(13(2)10-12)18-20-19(23-14(3)27-20)21(26)25(24-18)11-15-5-7-16(22)8-6-15/h4-10H,11H2,1-3H3. The molecule has 4 nitrogen and oxygen atoms in total. The average Bonchev–Trinajstić information content (AvgIpc) is 3.02. The lowest BCUT2D eigenvalue weighted by atomic mass is 10.0. The SMILES string of the molecule is Cc1ccc(-c2nn(Cc3ccc(Br)cc3)c(=O)c3nc(C)sc23)c(C)c1. The molecule has 0 atom stereocenters. The largest absolute Gasteiger partial charge is 0.294 e. The second kappa shape index (κ2) is 7.02. The zero-order valence-electron chi connectivity index (χ0n) is 15.3. The number of rotatable bonds is 3. The van der Waals surface area contributed by atoms with E-state index in [-0.39, 0.29) is 5.56 Å². The van der Waals surface area contributed by atoms with Crippen LogP contribution in [0.3, 0.4) is 0 Å². The lowest BCUT2D eigenvalue weighted by Crippen LogP contribution is -2.24. The van der Waals surface area contributed by atoms with E-state index in [0.29, 0.717) is 12.1 Å². The Hall–Kier alpha value is -2.31. The van der Waals surface area contributed by atoms with Crippen molar-refractivity contribution in [2.75, 3.05) is 0 Å². The Morgan fingerprint density at radius 3 is 2.52 bits per heavy atom. The van der Waals surface area contributed by atoms with Crippen molar-refractivity contribution in [1.82, 2.24) is 14.8 Å². The lowest BCUT2D eigenvalue weighted by molar-refractivity contribution is 0.650. The Morgan fingerprint density at radius 2 is 1.81 bits per heavy atom. The van der Waals surface area contributed by atoms with Crippen LogP contribution in [-0.2, 0) is 6.54 Å². The van der Waals surface area contributed by atoms with Crippen LogP contribution in [0.4, 0.5) is 0 Å². The van der Waals surface area contributed by atoms with E-state index in [1.54, 1.807) is 0 Å². The summed E-state index contributed by atoms with van der Waals surface area (Å²) in [6.45, 7) is 6.49. The smallest absolute Gasteiger partial charge is 0.265 e. The van der Waals surface area contributed by atoms with Gasteiger partial charge >= 0.3 is 0 Å². The van der Waals surface area contributed by atoms with Gasteiger partial charge in [-0.3, -0.25) is 4.79 Å². The maximum Gasteiger partial charge on any atom is 0.294 e. The van der Waals surface area contributed by atoms with Gasteiger partial charge in [0.15, 0.2) is 5.52 Å². The normalized spacial score (nSPS) is 11.3. The number of fused-ring (bicyclic) bond motifs is 1. The quantitative estimate of drug-likeness (QED) is 0.437. The summed E-state index contributed by atoms with van der Waals surface area (Å²) in [5, 5.41) is 5.63.